The topological polar surface area (TPSA) is 135 Å². The van der Waals surface area contributed by atoms with Crippen molar-refractivity contribution in [1.82, 2.24) is 15.0 Å². The maximum absolute atomic E-state index is 15.0. The Balaban J connectivity index is 1.31. The van der Waals surface area contributed by atoms with Gasteiger partial charge in [-0.25, -0.2) is 24.3 Å². The van der Waals surface area contributed by atoms with Gasteiger partial charge in [0.15, 0.2) is 29.0 Å². The maximum Gasteiger partial charge on any atom is 0.306 e. The Kier molecular flexibility index (Phi) is 9.17. The number of carbonyl (C=O) groups excluding carboxylic acids is 1. The van der Waals surface area contributed by atoms with Gasteiger partial charge in [-0.15, -0.1) is 0 Å². The molecule has 1 fully saturated rings. The van der Waals surface area contributed by atoms with E-state index in [4.69, 9.17) is 24.6 Å². The minimum Gasteiger partial charge on any atom is -0.489 e. The lowest BCUT2D eigenvalue weighted by Crippen LogP contribution is -2.41. The second-order valence-corrected chi connectivity index (χ2v) is 11.7. The molecule has 11 nitrogen and oxygen atoms in total. The fourth-order valence-electron chi connectivity index (χ4n) is 5.35. The molecule has 2 aliphatic heterocycles. The predicted octanol–water partition coefficient (Wildman–Crippen LogP) is 5.99. The Labute approximate surface area is 255 Å². The van der Waals surface area contributed by atoms with Gasteiger partial charge in [-0.05, 0) is 63.8 Å². The third kappa shape index (κ3) is 7.36. The Bertz CT molecular complexity index is 1620. The Hall–Kier alpha value is -4.87. The van der Waals surface area contributed by atoms with Gasteiger partial charge in [-0.2, -0.15) is 0 Å². The highest BCUT2D eigenvalue weighted by Crippen LogP contribution is 2.40. The van der Waals surface area contributed by atoms with Gasteiger partial charge in [-0.3, -0.25) is 10.2 Å². The second kappa shape index (κ2) is 13.2. The molecule has 1 aromatic carbocycles. The molecule has 0 saturated carbocycles. The van der Waals surface area contributed by atoms with Crippen LogP contribution >= 0.6 is 0 Å². The van der Waals surface area contributed by atoms with E-state index in [0.717, 1.165) is 32.3 Å². The van der Waals surface area contributed by atoms with E-state index in [0.29, 0.717) is 53.1 Å². The molecule has 0 aliphatic carbocycles. The SMILES string of the molecule is C=C/C(=C\C=NC=N)Oc1ccc(Nc2ncnc3cc4c(nc23)N2CCC(CCC(=O)OC(C)(C)C)[C@H](CO4)C2)cc1F. The number of piperidine rings is 1. The molecular weight excluding hydrogens is 565 g/mol. The third-order valence-corrected chi connectivity index (χ3v) is 7.36. The summed E-state index contributed by atoms with van der Waals surface area (Å²) >= 11 is 0. The molecule has 2 atom stereocenters. The number of hydrogen-bond acceptors (Lipinski definition) is 10. The van der Waals surface area contributed by atoms with Crippen LogP contribution in [0.5, 0.6) is 11.5 Å². The van der Waals surface area contributed by atoms with Crippen LogP contribution in [0, 0.1) is 23.1 Å². The minimum absolute atomic E-state index is 0.00198. The Morgan fingerprint density at radius 2 is 2.16 bits per heavy atom. The van der Waals surface area contributed by atoms with Crippen LogP contribution in [0.4, 0.5) is 21.7 Å². The molecule has 2 aliphatic rings. The highest BCUT2D eigenvalue weighted by Gasteiger charge is 2.35. The molecule has 12 heteroatoms. The quantitative estimate of drug-likeness (QED) is 0.0944. The number of aromatic nitrogens is 3. The lowest BCUT2D eigenvalue weighted by molar-refractivity contribution is -0.155. The van der Waals surface area contributed by atoms with Crippen molar-refractivity contribution in [3.05, 3.63) is 60.9 Å². The van der Waals surface area contributed by atoms with Gasteiger partial charge >= 0.3 is 5.97 Å². The van der Waals surface area contributed by atoms with Crippen LogP contribution in [0.1, 0.15) is 40.0 Å². The van der Waals surface area contributed by atoms with Crippen LogP contribution in [-0.2, 0) is 9.53 Å². The Morgan fingerprint density at radius 1 is 1.32 bits per heavy atom. The zero-order valence-corrected chi connectivity index (χ0v) is 25.0. The first-order valence-corrected chi connectivity index (χ1v) is 14.5. The maximum atomic E-state index is 15.0. The van der Waals surface area contributed by atoms with E-state index in [2.05, 4.69) is 31.8 Å². The largest absolute Gasteiger partial charge is 0.489 e. The standard InChI is InChI=1S/C32H36FN7O4/c1-5-23(10-12-35-18-34)43-26-8-7-22(14-24(26)33)38-30-29-25(36-19-37-30)15-27-31(39-29)40-13-11-20(21(16-40)17-42-27)6-9-28(41)44-32(2,3)4/h5,7-8,10,12,14-15,18-21,34H,1,6,9,11,13,16-17H2,2-4H3,(H,36,37,38)/b23-10+,34-18?,35-12?/t20?,21-/m0/s1. The molecule has 0 radical (unpaired) electrons. The molecule has 5 rings (SSSR count). The number of fused-ring (bicyclic) bond motifs is 5. The molecule has 2 bridgehead atoms. The number of ether oxygens (including phenoxy) is 3. The van der Waals surface area contributed by atoms with E-state index in [1.807, 2.05) is 26.8 Å². The lowest BCUT2D eigenvalue weighted by Gasteiger charge is -2.36. The smallest absolute Gasteiger partial charge is 0.306 e. The van der Waals surface area contributed by atoms with E-state index in [1.165, 1.54) is 36.8 Å². The lowest BCUT2D eigenvalue weighted by atomic mass is 9.83. The van der Waals surface area contributed by atoms with E-state index in [-0.39, 0.29) is 23.4 Å². The molecule has 0 amide bonds. The van der Waals surface area contributed by atoms with E-state index in [1.54, 1.807) is 6.07 Å². The van der Waals surface area contributed by atoms with Crippen LogP contribution in [0.25, 0.3) is 11.0 Å². The minimum atomic E-state index is -0.596. The predicted molar refractivity (Wildman–Crippen MR) is 168 cm³/mol. The second-order valence-electron chi connectivity index (χ2n) is 11.7. The van der Waals surface area contributed by atoms with Gasteiger partial charge < -0.3 is 24.4 Å². The molecule has 2 aromatic heterocycles. The first-order valence-electron chi connectivity index (χ1n) is 14.5. The van der Waals surface area contributed by atoms with Crippen molar-refractivity contribution in [2.45, 2.75) is 45.6 Å². The number of hydrogen-bond donors (Lipinski definition) is 2. The summed E-state index contributed by atoms with van der Waals surface area (Å²) in [6.07, 6.45) is 8.61. The summed E-state index contributed by atoms with van der Waals surface area (Å²) in [6.45, 7) is 11.4. The van der Waals surface area contributed by atoms with Gasteiger partial charge in [0.05, 0.1) is 12.1 Å². The van der Waals surface area contributed by atoms with Gasteiger partial charge in [0.1, 0.15) is 29.5 Å². The highest BCUT2D eigenvalue weighted by molar-refractivity contribution is 5.90. The first kappa shape index (κ1) is 30.6. The summed E-state index contributed by atoms with van der Waals surface area (Å²) < 4.78 is 32.3. The fourth-order valence-corrected chi connectivity index (χ4v) is 5.35. The average Bonchev–Trinajstić information content (AvgIpc) is 3.12. The molecule has 1 saturated heterocycles. The van der Waals surface area contributed by atoms with Gasteiger partial charge in [0, 0.05) is 49.5 Å². The summed E-state index contributed by atoms with van der Waals surface area (Å²) in [6, 6.07) is 6.32. The monoisotopic (exact) mass is 601 g/mol. The van der Waals surface area contributed by atoms with E-state index >= 15 is 0 Å². The molecule has 0 spiro atoms. The van der Waals surface area contributed by atoms with Crippen LogP contribution in [-0.4, -0.2) is 58.8 Å². The first-order chi connectivity index (χ1) is 21.1. The number of nitrogens with one attached hydrogen (secondary N) is 2. The van der Waals surface area contributed by atoms with Crippen molar-refractivity contribution in [2.24, 2.45) is 16.8 Å². The number of rotatable bonds is 10. The van der Waals surface area contributed by atoms with Crippen LogP contribution < -0.4 is 19.7 Å². The summed E-state index contributed by atoms with van der Waals surface area (Å²) in [7, 11) is 0. The van der Waals surface area contributed by atoms with Crippen LogP contribution in [0.3, 0.4) is 0 Å². The third-order valence-electron chi connectivity index (χ3n) is 7.36. The summed E-state index contributed by atoms with van der Waals surface area (Å²) in [5.41, 5.74) is 1.08. The van der Waals surface area contributed by atoms with E-state index < -0.39 is 11.4 Å². The number of anilines is 3. The number of allylic oxidation sites excluding steroid dienone is 2. The average molecular weight is 602 g/mol. The molecule has 44 heavy (non-hydrogen) atoms. The van der Waals surface area contributed by atoms with Crippen molar-refractivity contribution in [1.29, 1.82) is 5.41 Å². The van der Waals surface area contributed by atoms with Crippen molar-refractivity contribution in [3.63, 3.8) is 0 Å². The van der Waals surface area contributed by atoms with Crippen LogP contribution in [0.2, 0.25) is 0 Å². The Morgan fingerprint density at radius 3 is 2.91 bits per heavy atom. The number of esters is 1. The highest BCUT2D eigenvalue weighted by atomic mass is 19.1. The number of pyridine rings is 1. The van der Waals surface area contributed by atoms with Crippen molar-refractivity contribution in [3.8, 4) is 11.5 Å². The number of halogens is 1. The number of benzene rings is 1. The van der Waals surface area contributed by atoms with Crippen LogP contribution in [0.15, 0.2) is 60.1 Å². The molecule has 1 unspecified atom stereocenters. The number of carbonyl (C=O) groups is 1. The molecular formula is C32H36FN7O4. The number of aliphatic imine (C=N–C) groups is 1. The van der Waals surface area contributed by atoms with Crippen molar-refractivity contribution >= 4 is 46.9 Å². The summed E-state index contributed by atoms with van der Waals surface area (Å²) in [5, 5.41) is 10.1. The van der Waals surface area contributed by atoms with Gasteiger partial charge in [-0.1, -0.05) is 6.58 Å². The fraction of sp³-hybridized carbons (Fsp3) is 0.375. The molecule has 230 valence electrons. The van der Waals surface area contributed by atoms with Gasteiger partial charge in [0.25, 0.3) is 0 Å². The zero-order chi connectivity index (χ0) is 31.3. The molecule has 4 heterocycles. The molecule has 2 N–H and O–H groups in total. The summed E-state index contributed by atoms with van der Waals surface area (Å²) in [5.74, 6) is 1.89. The number of nitrogens with zero attached hydrogens (tertiary/aromatic N) is 5. The van der Waals surface area contributed by atoms with Crippen molar-refractivity contribution in [2.75, 3.05) is 29.9 Å². The van der Waals surface area contributed by atoms with Crippen molar-refractivity contribution < 1.29 is 23.4 Å². The normalized spacial score (nSPS) is 18.3. The summed E-state index contributed by atoms with van der Waals surface area (Å²) in [4.78, 5) is 31.9. The molecule has 3 aromatic rings. The van der Waals surface area contributed by atoms with Gasteiger partial charge in [0.2, 0.25) is 0 Å². The van der Waals surface area contributed by atoms with E-state index in [9.17, 15) is 9.18 Å². The zero-order valence-electron chi connectivity index (χ0n) is 25.0.